The summed E-state index contributed by atoms with van der Waals surface area (Å²) in [6, 6.07) is 17.3. The van der Waals surface area contributed by atoms with Crippen LogP contribution in [-0.2, 0) is 4.79 Å². The van der Waals surface area contributed by atoms with Gasteiger partial charge in [-0.1, -0.05) is 41.9 Å². The molecule has 0 radical (unpaired) electrons. The van der Waals surface area contributed by atoms with Gasteiger partial charge in [0.2, 0.25) is 5.91 Å². The van der Waals surface area contributed by atoms with Crippen molar-refractivity contribution in [2.45, 2.75) is 12.8 Å². The molecule has 7 heteroatoms. The lowest BCUT2D eigenvalue weighted by molar-refractivity contribution is -0.117. The zero-order chi connectivity index (χ0) is 21.4. The number of hydrogen-bond donors (Lipinski definition) is 1. The third kappa shape index (κ3) is 4.21. The molecule has 2 amide bonds. The van der Waals surface area contributed by atoms with Crippen LogP contribution in [0.4, 0.5) is 11.5 Å². The van der Waals surface area contributed by atoms with Crippen molar-refractivity contribution in [3.63, 3.8) is 0 Å². The Morgan fingerprint density at radius 1 is 0.935 bits per heavy atom. The first-order valence-electron chi connectivity index (χ1n) is 10.6. The fourth-order valence-electron chi connectivity index (χ4n) is 3.98. The summed E-state index contributed by atoms with van der Waals surface area (Å²) in [6.07, 6.45) is 1.84. The van der Waals surface area contributed by atoms with E-state index < -0.39 is 0 Å². The summed E-state index contributed by atoms with van der Waals surface area (Å²) in [5.41, 5.74) is 1.14. The molecule has 2 aromatic carbocycles. The van der Waals surface area contributed by atoms with Crippen molar-refractivity contribution in [1.82, 2.24) is 9.88 Å². The number of pyridine rings is 1. The Bertz CT molecular complexity index is 1150. The molecule has 5 rings (SSSR count). The minimum atomic E-state index is -0.0597. The second kappa shape index (κ2) is 8.19. The molecule has 1 aromatic heterocycles. The maximum Gasteiger partial charge on any atom is 0.256 e. The second-order valence-electron chi connectivity index (χ2n) is 8.11. The number of aromatic nitrogens is 1. The molecule has 3 aromatic rings. The van der Waals surface area contributed by atoms with E-state index in [1.54, 1.807) is 6.07 Å². The number of nitrogens with one attached hydrogen (secondary N) is 1. The van der Waals surface area contributed by atoms with Crippen LogP contribution < -0.4 is 10.2 Å². The monoisotopic (exact) mass is 434 g/mol. The molecule has 1 N–H and O–H groups in total. The molecule has 1 saturated heterocycles. The summed E-state index contributed by atoms with van der Waals surface area (Å²) in [4.78, 5) is 34.2. The van der Waals surface area contributed by atoms with Gasteiger partial charge in [-0.2, -0.15) is 0 Å². The number of fused-ring (bicyclic) bond motifs is 1. The number of nitrogens with zero attached hydrogens (tertiary/aromatic N) is 3. The normalized spacial score (nSPS) is 16.4. The summed E-state index contributed by atoms with van der Waals surface area (Å²) < 4.78 is 0. The summed E-state index contributed by atoms with van der Waals surface area (Å²) in [6.45, 7) is 2.51. The molecule has 1 saturated carbocycles. The van der Waals surface area contributed by atoms with Crippen molar-refractivity contribution in [3.8, 4) is 0 Å². The Hall–Kier alpha value is -3.12. The first-order chi connectivity index (χ1) is 15.1. The molecule has 6 nitrogen and oxygen atoms in total. The third-order valence-corrected chi connectivity index (χ3v) is 6.12. The van der Waals surface area contributed by atoms with Crippen molar-refractivity contribution in [2.24, 2.45) is 5.92 Å². The predicted molar refractivity (Wildman–Crippen MR) is 123 cm³/mol. The molecule has 0 bridgehead atoms. The third-order valence-electron chi connectivity index (χ3n) is 5.91. The summed E-state index contributed by atoms with van der Waals surface area (Å²) in [5.74, 6) is 0.836. The van der Waals surface area contributed by atoms with Gasteiger partial charge in [-0.25, -0.2) is 4.98 Å². The van der Waals surface area contributed by atoms with Crippen LogP contribution in [0.15, 0.2) is 54.6 Å². The lowest BCUT2D eigenvalue weighted by atomic mass is 10.0. The number of carbonyl (C=O) groups excluding carboxylic acids is 2. The number of amides is 2. The smallest absolute Gasteiger partial charge is 0.256 e. The first kappa shape index (κ1) is 19.8. The number of piperazine rings is 1. The average molecular weight is 435 g/mol. The van der Waals surface area contributed by atoms with E-state index in [4.69, 9.17) is 11.6 Å². The Labute approximate surface area is 185 Å². The van der Waals surface area contributed by atoms with Crippen LogP contribution in [0.3, 0.4) is 0 Å². The number of hydrogen-bond acceptors (Lipinski definition) is 4. The molecule has 0 unspecified atom stereocenters. The van der Waals surface area contributed by atoms with Crippen LogP contribution in [-0.4, -0.2) is 47.9 Å². The van der Waals surface area contributed by atoms with E-state index in [-0.39, 0.29) is 17.7 Å². The highest BCUT2D eigenvalue weighted by Gasteiger charge is 2.31. The van der Waals surface area contributed by atoms with E-state index in [9.17, 15) is 9.59 Å². The van der Waals surface area contributed by atoms with Gasteiger partial charge in [0, 0.05) is 32.1 Å². The molecule has 2 fully saturated rings. The van der Waals surface area contributed by atoms with E-state index in [0.29, 0.717) is 42.6 Å². The van der Waals surface area contributed by atoms with Gasteiger partial charge in [-0.05, 0) is 47.9 Å². The highest BCUT2D eigenvalue weighted by molar-refractivity contribution is 6.29. The van der Waals surface area contributed by atoms with Crippen LogP contribution in [0.25, 0.3) is 10.8 Å². The van der Waals surface area contributed by atoms with Crippen molar-refractivity contribution in [1.29, 1.82) is 0 Å². The van der Waals surface area contributed by atoms with Gasteiger partial charge in [0.25, 0.3) is 5.91 Å². The molecular weight excluding hydrogens is 412 g/mol. The van der Waals surface area contributed by atoms with E-state index in [1.165, 1.54) is 0 Å². The molecule has 0 spiro atoms. The van der Waals surface area contributed by atoms with Gasteiger partial charge in [-0.15, -0.1) is 0 Å². The van der Waals surface area contributed by atoms with Crippen molar-refractivity contribution < 1.29 is 9.59 Å². The average Bonchev–Trinajstić information content (AvgIpc) is 3.64. The fourth-order valence-corrected chi connectivity index (χ4v) is 4.14. The number of halogens is 1. The van der Waals surface area contributed by atoms with Crippen molar-refractivity contribution in [2.75, 3.05) is 36.4 Å². The second-order valence-corrected chi connectivity index (χ2v) is 8.49. The maximum absolute atomic E-state index is 13.4. The van der Waals surface area contributed by atoms with Gasteiger partial charge in [0.1, 0.15) is 11.0 Å². The SMILES string of the molecule is O=C(Nc1cc2ccccc2cc1C(=O)N1CCN(c2cccc(Cl)n2)CC1)C1CC1. The van der Waals surface area contributed by atoms with Gasteiger partial charge >= 0.3 is 0 Å². The Morgan fingerprint density at radius 2 is 1.65 bits per heavy atom. The van der Waals surface area contributed by atoms with E-state index in [0.717, 1.165) is 29.4 Å². The van der Waals surface area contributed by atoms with Crippen molar-refractivity contribution >= 4 is 45.7 Å². The van der Waals surface area contributed by atoms with Gasteiger partial charge in [0.05, 0.1) is 11.3 Å². The highest BCUT2D eigenvalue weighted by atomic mass is 35.5. The van der Waals surface area contributed by atoms with Crippen molar-refractivity contribution in [3.05, 3.63) is 65.3 Å². The maximum atomic E-state index is 13.4. The number of benzene rings is 2. The van der Waals surface area contributed by atoms with E-state index in [1.807, 2.05) is 53.4 Å². The Kier molecular flexibility index (Phi) is 5.24. The fraction of sp³-hybridized carbons (Fsp3) is 0.292. The minimum Gasteiger partial charge on any atom is -0.353 e. The topological polar surface area (TPSA) is 65.5 Å². The largest absolute Gasteiger partial charge is 0.353 e. The lowest BCUT2D eigenvalue weighted by Gasteiger charge is -2.35. The zero-order valence-corrected chi connectivity index (χ0v) is 17.8. The molecule has 158 valence electrons. The lowest BCUT2D eigenvalue weighted by Crippen LogP contribution is -2.49. The van der Waals surface area contributed by atoms with Gasteiger partial charge in [-0.3, -0.25) is 9.59 Å². The van der Waals surface area contributed by atoms with Crippen LogP contribution in [0.1, 0.15) is 23.2 Å². The minimum absolute atomic E-state index is 0.00109. The highest BCUT2D eigenvalue weighted by Crippen LogP contribution is 2.32. The molecule has 31 heavy (non-hydrogen) atoms. The van der Waals surface area contributed by atoms with E-state index in [2.05, 4.69) is 15.2 Å². The number of anilines is 2. The van der Waals surface area contributed by atoms with Gasteiger partial charge in [0.15, 0.2) is 0 Å². The van der Waals surface area contributed by atoms with Crippen LogP contribution in [0.5, 0.6) is 0 Å². The van der Waals surface area contributed by atoms with Crippen LogP contribution in [0, 0.1) is 5.92 Å². The number of carbonyl (C=O) groups is 2. The summed E-state index contributed by atoms with van der Waals surface area (Å²) in [7, 11) is 0. The van der Waals surface area contributed by atoms with Gasteiger partial charge < -0.3 is 15.1 Å². The number of rotatable bonds is 4. The summed E-state index contributed by atoms with van der Waals surface area (Å²) in [5, 5.41) is 5.45. The quantitative estimate of drug-likeness (QED) is 0.625. The van der Waals surface area contributed by atoms with E-state index >= 15 is 0 Å². The zero-order valence-electron chi connectivity index (χ0n) is 17.1. The van der Waals surface area contributed by atoms with Crippen LogP contribution >= 0.6 is 11.6 Å². The predicted octanol–water partition coefficient (Wildman–Crippen LogP) is 4.20. The molecule has 2 aliphatic rings. The molecule has 1 aliphatic carbocycles. The molecular formula is C24H23ClN4O2. The molecule has 0 atom stereocenters. The Balaban J connectivity index is 1.38. The molecule has 2 heterocycles. The first-order valence-corrected chi connectivity index (χ1v) is 11.0. The standard InChI is InChI=1S/C24H23ClN4O2/c25-21-6-3-7-22(27-21)28-10-12-29(13-11-28)24(31)19-14-17-4-1-2-5-18(17)15-20(19)26-23(30)16-8-9-16/h1-7,14-16H,8-13H2,(H,26,30). The summed E-state index contributed by atoms with van der Waals surface area (Å²) >= 11 is 6.02. The Morgan fingerprint density at radius 3 is 2.32 bits per heavy atom. The van der Waals surface area contributed by atoms with Crippen LogP contribution in [0.2, 0.25) is 5.15 Å². The molecule has 1 aliphatic heterocycles.